The van der Waals surface area contributed by atoms with Gasteiger partial charge < -0.3 is 10.4 Å². The standard InChI is InChI=1S/C17H17FN2O2/c18-16-9-15(10-19-11-16)5-6-17(22)20-8-7-13-1-3-14(12-21)4-2-13/h1-6,9-11,21H,7-8,12H2,(H,20,22)/b6-5+. The summed E-state index contributed by atoms with van der Waals surface area (Å²) in [6.45, 7) is 0.528. The molecule has 1 aromatic carbocycles. The van der Waals surface area contributed by atoms with Crippen molar-refractivity contribution in [1.82, 2.24) is 10.3 Å². The molecule has 1 aromatic heterocycles. The highest BCUT2D eigenvalue weighted by Gasteiger charge is 1.98. The zero-order valence-electron chi connectivity index (χ0n) is 12.0. The highest BCUT2D eigenvalue weighted by atomic mass is 19.1. The van der Waals surface area contributed by atoms with Crippen LogP contribution in [0.1, 0.15) is 16.7 Å². The van der Waals surface area contributed by atoms with E-state index >= 15 is 0 Å². The highest BCUT2D eigenvalue weighted by molar-refractivity contribution is 5.91. The number of pyridine rings is 1. The average Bonchev–Trinajstić information content (AvgIpc) is 2.54. The zero-order valence-corrected chi connectivity index (χ0v) is 12.0. The molecule has 0 aliphatic rings. The maximum Gasteiger partial charge on any atom is 0.244 e. The van der Waals surface area contributed by atoms with Crippen molar-refractivity contribution in [2.24, 2.45) is 0 Å². The van der Waals surface area contributed by atoms with E-state index in [0.717, 1.165) is 17.3 Å². The van der Waals surface area contributed by atoms with Crippen LogP contribution in [0.4, 0.5) is 4.39 Å². The highest BCUT2D eigenvalue weighted by Crippen LogP contribution is 2.05. The van der Waals surface area contributed by atoms with Gasteiger partial charge in [-0.05, 0) is 35.3 Å². The fourth-order valence-corrected chi connectivity index (χ4v) is 1.89. The van der Waals surface area contributed by atoms with Crippen LogP contribution in [0.3, 0.4) is 0 Å². The van der Waals surface area contributed by atoms with Crippen LogP contribution >= 0.6 is 0 Å². The summed E-state index contributed by atoms with van der Waals surface area (Å²) in [6.07, 6.45) is 6.16. The number of carbonyl (C=O) groups excluding carboxylic acids is 1. The zero-order chi connectivity index (χ0) is 15.8. The summed E-state index contributed by atoms with van der Waals surface area (Å²) in [6, 6.07) is 8.86. The van der Waals surface area contributed by atoms with Crippen LogP contribution < -0.4 is 5.32 Å². The summed E-state index contributed by atoms with van der Waals surface area (Å²) < 4.78 is 12.9. The van der Waals surface area contributed by atoms with Crippen molar-refractivity contribution < 1.29 is 14.3 Å². The Morgan fingerprint density at radius 2 is 1.95 bits per heavy atom. The smallest absolute Gasteiger partial charge is 0.244 e. The number of hydrogen-bond donors (Lipinski definition) is 2. The van der Waals surface area contributed by atoms with Crippen LogP contribution in [0, 0.1) is 5.82 Å². The summed E-state index contributed by atoms with van der Waals surface area (Å²) in [7, 11) is 0. The molecule has 0 saturated heterocycles. The van der Waals surface area contributed by atoms with E-state index in [4.69, 9.17) is 5.11 Å². The predicted molar refractivity (Wildman–Crippen MR) is 82.3 cm³/mol. The second-order valence-corrected chi connectivity index (χ2v) is 4.79. The van der Waals surface area contributed by atoms with Crippen LogP contribution in [0.15, 0.2) is 48.8 Å². The fraction of sp³-hybridized carbons (Fsp3) is 0.176. The van der Waals surface area contributed by atoms with Gasteiger partial charge in [0, 0.05) is 18.8 Å². The molecule has 0 unspecified atom stereocenters. The predicted octanol–water partition coefficient (Wildman–Crippen LogP) is 2.09. The lowest BCUT2D eigenvalue weighted by molar-refractivity contribution is -0.116. The molecule has 0 spiro atoms. The van der Waals surface area contributed by atoms with Crippen LogP contribution in [0.25, 0.3) is 6.08 Å². The molecule has 5 heteroatoms. The van der Waals surface area contributed by atoms with E-state index in [9.17, 15) is 9.18 Å². The Morgan fingerprint density at radius 1 is 1.23 bits per heavy atom. The molecule has 2 N–H and O–H groups in total. The van der Waals surface area contributed by atoms with Crippen molar-refractivity contribution in [2.45, 2.75) is 13.0 Å². The van der Waals surface area contributed by atoms with Crippen molar-refractivity contribution in [2.75, 3.05) is 6.54 Å². The van der Waals surface area contributed by atoms with Crippen molar-refractivity contribution in [3.05, 3.63) is 71.3 Å². The van der Waals surface area contributed by atoms with Gasteiger partial charge in [0.05, 0.1) is 12.8 Å². The fourth-order valence-electron chi connectivity index (χ4n) is 1.89. The number of aliphatic hydroxyl groups is 1. The van der Waals surface area contributed by atoms with E-state index in [1.807, 2.05) is 24.3 Å². The van der Waals surface area contributed by atoms with Gasteiger partial charge in [-0.15, -0.1) is 0 Å². The second kappa shape index (κ2) is 8.05. The maximum atomic E-state index is 12.9. The van der Waals surface area contributed by atoms with Gasteiger partial charge in [0.15, 0.2) is 0 Å². The van der Waals surface area contributed by atoms with Crippen LogP contribution in [0.5, 0.6) is 0 Å². The molecule has 1 amide bonds. The first-order valence-electron chi connectivity index (χ1n) is 6.92. The second-order valence-electron chi connectivity index (χ2n) is 4.79. The van der Waals surface area contributed by atoms with E-state index in [2.05, 4.69) is 10.3 Å². The Labute approximate surface area is 128 Å². The maximum absolute atomic E-state index is 12.9. The molecule has 0 bridgehead atoms. The molecule has 0 aliphatic heterocycles. The van der Waals surface area contributed by atoms with Gasteiger partial charge >= 0.3 is 0 Å². The van der Waals surface area contributed by atoms with E-state index < -0.39 is 5.82 Å². The largest absolute Gasteiger partial charge is 0.392 e. The average molecular weight is 300 g/mol. The molecule has 4 nitrogen and oxygen atoms in total. The van der Waals surface area contributed by atoms with Gasteiger partial charge in [-0.3, -0.25) is 9.78 Å². The van der Waals surface area contributed by atoms with E-state index in [1.54, 1.807) is 0 Å². The Balaban J connectivity index is 1.77. The monoisotopic (exact) mass is 300 g/mol. The number of rotatable bonds is 6. The lowest BCUT2D eigenvalue weighted by atomic mass is 10.1. The molecule has 22 heavy (non-hydrogen) atoms. The molecule has 0 fully saturated rings. The van der Waals surface area contributed by atoms with Crippen molar-refractivity contribution in [3.8, 4) is 0 Å². The number of nitrogens with zero attached hydrogens (tertiary/aromatic N) is 1. The molecular formula is C17H17FN2O2. The van der Waals surface area contributed by atoms with Crippen molar-refractivity contribution in [3.63, 3.8) is 0 Å². The van der Waals surface area contributed by atoms with Crippen molar-refractivity contribution in [1.29, 1.82) is 0 Å². The molecule has 0 aliphatic carbocycles. The molecular weight excluding hydrogens is 283 g/mol. The van der Waals surface area contributed by atoms with Crippen LogP contribution in [-0.4, -0.2) is 22.5 Å². The first-order valence-corrected chi connectivity index (χ1v) is 6.92. The minimum absolute atomic E-state index is 0.0246. The van der Waals surface area contributed by atoms with Crippen molar-refractivity contribution >= 4 is 12.0 Å². The molecule has 2 aromatic rings. The molecule has 114 valence electrons. The number of amides is 1. The summed E-state index contributed by atoms with van der Waals surface area (Å²) in [5.74, 6) is -0.676. The number of aromatic nitrogens is 1. The third-order valence-electron chi connectivity index (χ3n) is 3.07. The molecule has 0 saturated carbocycles. The summed E-state index contributed by atoms with van der Waals surface area (Å²) >= 11 is 0. The Hall–Kier alpha value is -2.53. The Morgan fingerprint density at radius 3 is 2.64 bits per heavy atom. The first-order chi connectivity index (χ1) is 10.7. The number of hydrogen-bond acceptors (Lipinski definition) is 3. The lowest BCUT2D eigenvalue weighted by Crippen LogP contribution is -2.23. The minimum atomic E-state index is -0.436. The topological polar surface area (TPSA) is 62.2 Å². The Kier molecular flexibility index (Phi) is 5.80. The Bertz CT molecular complexity index is 654. The quantitative estimate of drug-likeness (QED) is 0.803. The third kappa shape index (κ3) is 5.10. The van der Waals surface area contributed by atoms with E-state index in [0.29, 0.717) is 18.5 Å². The normalized spacial score (nSPS) is 10.8. The van der Waals surface area contributed by atoms with Gasteiger partial charge in [-0.25, -0.2) is 4.39 Å². The third-order valence-corrected chi connectivity index (χ3v) is 3.07. The number of benzene rings is 1. The van der Waals surface area contributed by atoms with Gasteiger partial charge in [0.2, 0.25) is 5.91 Å². The molecule has 1 heterocycles. The van der Waals surface area contributed by atoms with Crippen LogP contribution in [0.2, 0.25) is 0 Å². The SMILES string of the molecule is O=C(/C=C/c1cncc(F)c1)NCCc1ccc(CO)cc1. The van der Waals surface area contributed by atoms with Gasteiger partial charge in [0.25, 0.3) is 0 Å². The van der Waals surface area contributed by atoms with E-state index in [-0.39, 0.29) is 12.5 Å². The molecule has 2 rings (SSSR count). The number of aliphatic hydroxyl groups excluding tert-OH is 1. The number of halogens is 1. The minimum Gasteiger partial charge on any atom is -0.392 e. The van der Waals surface area contributed by atoms with Gasteiger partial charge in [-0.2, -0.15) is 0 Å². The molecule has 0 radical (unpaired) electrons. The summed E-state index contributed by atoms with van der Waals surface area (Å²) in [5.41, 5.74) is 2.48. The first kappa shape index (κ1) is 15.9. The summed E-state index contributed by atoms with van der Waals surface area (Å²) in [5, 5.41) is 11.7. The number of carbonyl (C=O) groups is 1. The van der Waals surface area contributed by atoms with Gasteiger partial charge in [0.1, 0.15) is 5.82 Å². The van der Waals surface area contributed by atoms with Gasteiger partial charge in [-0.1, -0.05) is 24.3 Å². The lowest BCUT2D eigenvalue weighted by Gasteiger charge is -2.04. The number of nitrogens with one attached hydrogen (secondary N) is 1. The van der Waals surface area contributed by atoms with Crippen LogP contribution in [-0.2, 0) is 17.8 Å². The summed E-state index contributed by atoms with van der Waals surface area (Å²) in [4.78, 5) is 15.3. The molecule has 0 atom stereocenters. The van der Waals surface area contributed by atoms with E-state index in [1.165, 1.54) is 24.4 Å².